The first-order chi connectivity index (χ1) is 8.62. The van der Waals surface area contributed by atoms with E-state index in [0.717, 1.165) is 18.8 Å². The van der Waals surface area contributed by atoms with Gasteiger partial charge in [-0.25, -0.2) is 0 Å². The normalized spacial score (nSPS) is 19.6. The molecule has 0 aliphatic heterocycles. The molecule has 0 aromatic heterocycles. The second-order valence-electron chi connectivity index (χ2n) is 5.99. The van der Waals surface area contributed by atoms with Crippen LogP contribution in [0.4, 0.5) is 0 Å². The van der Waals surface area contributed by atoms with Gasteiger partial charge in [0, 0.05) is 18.0 Å². The lowest BCUT2D eigenvalue weighted by molar-refractivity contribution is 0.354. The van der Waals surface area contributed by atoms with E-state index in [2.05, 4.69) is 43.4 Å². The highest BCUT2D eigenvalue weighted by atomic mass is 35.5. The van der Waals surface area contributed by atoms with Gasteiger partial charge in [-0.3, -0.25) is 0 Å². The lowest BCUT2D eigenvalue weighted by Crippen LogP contribution is -2.42. The summed E-state index contributed by atoms with van der Waals surface area (Å²) >= 11 is 5.85. The third kappa shape index (κ3) is 3.49. The summed E-state index contributed by atoms with van der Waals surface area (Å²) < 4.78 is 0. The van der Waals surface area contributed by atoms with Crippen LogP contribution < -0.4 is 5.32 Å². The number of nitrogens with one attached hydrogen (secondary N) is 1. The van der Waals surface area contributed by atoms with E-state index in [-0.39, 0.29) is 5.54 Å². The molecule has 1 aliphatic carbocycles. The number of aryl methyl sites for hydroxylation is 1. The lowest BCUT2D eigenvalue weighted by Gasteiger charge is -2.31. The molecule has 1 atom stereocenters. The average molecular weight is 266 g/mol. The van der Waals surface area contributed by atoms with Crippen molar-refractivity contribution in [3.05, 3.63) is 35.4 Å². The van der Waals surface area contributed by atoms with Crippen LogP contribution in [0.15, 0.2) is 24.3 Å². The Morgan fingerprint density at radius 3 is 2.89 bits per heavy atom. The van der Waals surface area contributed by atoms with Crippen LogP contribution in [0.3, 0.4) is 0 Å². The third-order valence-electron chi connectivity index (χ3n) is 4.04. The van der Waals surface area contributed by atoms with Crippen molar-refractivity contribution < 1.29 is 0 Å². The highest BCUT2D eigenvalue weighted by Gasteiger charge is 2.23. The van der Waals surface area contributed by atoms with Crippen molar-refractivity contribution in [2.45, 2.75) is 51.0 Å². The Hall–Kier alpha value is -0.530. The van der Waals surface area contributed by atoms with Gasteiger partial charge >= 0.3 is 0 Å². The predicted molar refractivity (Wildman–Crippen MR) is 79.5 cm³/mol. The van der Waals surface area contributed by atoms with E-state index in [4.69, 9.17) is 11.6 Å². The molecule has 1 aliphatic rings. The van der Waals surface area contributed by atoms with Gasteiger partial charge in [-0.05, 0) is 56.6 Å². The molecular weight excluding hydrogens is 242 g/mol. The number of halogens is 1. The molecule has 1 aromatic rings. The first-order valence-corrected chi connectivity index (χ1v) is 7.54. The molecule has 0 fully saturated rings. The van der Waals surface area contributed by atoms with Gasteiger partial charge in [0.2, 0.25) is 0 Å². The van der Waals surface area contributed by atoms with Crippen molar-refractivity contribution in [2.24, 2.45) is 0 Å². The van der Waals surface area contributed by atoms with Crippen LogP contribution in [-0.4, -0.2) is 18.0 Å². The molecule has 18 heavy (non-hydrogen) atoms. The van der Waals surface area contributed by atoms with Gasteiger partial charge in [0.1, 0.15) is 0 Å². The molecule has 0 spiro atoms. The molecule has 1 nitrogen and oxygen atoms in total. The number of hydrogen-bond donors (Lipinski definition) is 1. The zero-order chi connectivity index (χ0) is 13.0. The summed E-state index contributed by atoms with van der Waals surface area (Å²) in [6.07, 6.45) is 4.89. The van der Waals surface area contributed by atoms with Crippen molar-refractivity contribution in [3.8, 4) is 0 Å². The van der Waals surface area contributed by atoms with E-state index in [1.54, 1.807) is 11.1 Å². The van der Waals surface area contributed by atoms with Gasteiger partial charge in [-0.15, -0.1) is 11.6 Å². The third-order valence-corrected chi connectivity index (χ3v) is 4.23. The molecule has 1 aromatic carbocycles. The Kier molecular flexibility index (Phi) is 4.69. The summed E-state index contributed by atoms with van der Waals surface area (Å²) in [6.45, 7) is 5.55. The van der Waals surface area contributed by atoms with Crippen molar-refractivity contribution in [1.29, 1.82) is 0 Å². The monoisotopic (exact) mass is 265 g/mol. The van der Waals surface area contributed by atoms with E-state index < -0.39 is 0 Å². The molecule has 0 saturated carbocycles. The summed E-state index contributed by atoms with van der Waals surface area (Å²) in [6, 6.07) is 8.91. The van der Waals surface area contributed by atoms with Crippen LogP contribution in [0.25, 0.3) is 0 Å². The largest absolute Gasteiger partial charge is 0.311 e. The van der Waals surface area contributed by atoms with Crippen molar-refractivity contribution in [1.82, 2.24) is 5.32 Å². The Morgan fingerprint density at radius 1 is 1.33 bits per heavy atom. The summed E-state index contributed by atoms with van der Waals surface area (Å²) in [5, 5.41) is 3.69. The van der Waals surface area contributed by atoms with Crippen LogP contribution >= 0.6 is 11.6 Å². The maximum Gasteiger partial charge on any atom is 0.0240 e. The smallest absolute Gasteiger partial charge is 0.0240 e. The zero-order valence-corrected chi connectivity index (χ0v) is 12.3. The maximum absolute atomic E-state index is 5.85. The predicted octanol–water partition coefficient (Wildman–Crippen LogP) is 4.10. The molecule has 2 rings (SSSR count). The molecular formula is C16H24ClN. The van der Waals surface area contributed by atoms with Gasteiger partial charge in [0.05, 0.1) is 0 Å². The number of hydrogen-bond acceptors (Lipinski definition) is 1. The van der Waals surface area contributed by atoms with Crippen LogP contribution in [0, 0.1) is 0 Å². The standard InChI is InChI=1S/C16H24ClN/c1-16(2,10-11-17)18-12-14-8-5-7-13-6-3-4-9-15(13)14/h3-4,6,9,14,18H,5,7-8,10-12H2,1-2H3. The van der Waals surface area contributed by atoms with Crippen LogP contribution in [0.2, 0.25) is 0 Å². The number of rotatable bonds is 5. The minimum atomic E-state index is 0.147. The summed E-state index contributed by atoms with van der Waals surface area (Å²) in [4.78, 5) is 0. The number of benzene rings is 1. The van der Waals surface area contributed by atoms with Crippen LogP contribution in [-0.2, 0) is 6.42 Å². The number of alkyl halides is 1. The maximum atomic E-state index is 5.85. The van der Waals surface area contributed by atoms with Gasteiger partial charge in [-0.2, -0.15) is 0 Å². The van der Waals surface area contributed by atoms with E-state index in [0.29, 0.717) is 5.92 Å². The van der Waals surface area contributed by atoms with E-state index in [1.165, 1.54) is 19.3 Å². The van der Waals surface area contributed by atoms with E-state index in [9.17, 15) is 0 Å². The molecule has 0 amide bonds. The first-order valence-electron chi connectivity index (χ1n) is 7.01. The Bertz CT molecular complexity index is 386. The quantitative estimate of drug-likeness (QED) is 0.791. The second kappa shape index (κ2) is 6.08. The zero-order valence-electron chi connectivity index (χ0n) is 11.5. The number of fused-ring (bicyclic) bond motifs is 1. The van der Waals surface area contributed by atoms with Crippen LogP contribution in [0.5, 0.6) is 0 Å². The summed E-state index contributed by atoms with van der Waals surface area (Å²) in [5.41, 5.74) is 3.25. The molecule has 1 N–H and O–H groups in total. The average Bonchev–Trinajstić information content (AvgIpc) is 2.36. The first kappa shape index (κ1) is 13.9. The van der Waals surface area contributed by atoms with Gasteiger partial charge < -0.3 is 5.32 Å². The molecule has 0 heterocycles. The Balaban J connectivity index is 1.99. The minimum Gasteiger partial charge on any atom is -0.311 e. The van der Waals surface area contributed by atoms with Gasteiger partial charge in [-0.1, -0.05) is 24.3 Å². The minimum absolute atomic E-state index is 0.147. The van der Waals surface area contributed by atoms with Crippen molar-refractivity contribution >= 4 is 11.6 Å². The van der Waals surface area contributed by atoms with Gasteiger partial charge in [0.15, 0.2) is 0 Å². The Morgan fingerprint density at radius 2 is 2.11 bits per heavy atom. The Labute approximate surface area is 116 Å². The highest BCUT2D eigenvalue weighted by Crippen LogP contribution is 2.31. The molecule has 100 valence electrons. The fourth-order valence-electron chi connectivity index (χ4n) is 2.79. The molecule has 2 heteroatoms. The highest BCUT2D eigenvalue weighted by molar-refractivity contribution is 6.17. The fraction of sp³-hybridized carbons (Fsp3) is 0.625. The molecule has 0 radical (unpaired) electrons. The van der Waals surface area contributed by atoms with E-state index >= 15 is 0 Å². The molecule has 0 saturated heterocycles. The summed E-state index contributed by atoms with van der Waals surface area (Å²) in [5.74, 6) is 1.39. The molecule has 0 bridgehead atoms. The van der Waals surface area contributed by atoms with Gasteiger partial charge in [0.25, 0.3) is 0 Å². The lowest BCUT2D eigenvalue weighted by atomic mass is 9.82. The topological polar surface area (TPSA) is 12.0 Å². The van der Waals surface area contributed by atoms with Crippen LogP contribution in [0.1, 0.15) is 50.2 Å². The van der Waals surface area contributed by atoms with Crippen molar-refractivity contribution in [2.75, 3.05) is 12.4 Å². The molecule has 1 unspecified atom stereocenters. The van der Waals surface area contributed by atoms with Crippen molar-refractivity contribution in [3.63, 3.8) is 0 Å². The second-order valence-corrected chi connectivity index (χ2v) is 6.37. The van der Waals surface area contributed by atoms with E-state index in [1.807, 2.05) is 0 Å². The fourth-order valence-corrected chi connectivity index (χ4v) is 3.26. The summed E-state index contributed by atoms with van der Waals surface area (Å²) in [7, 11) is 0. The SMILES string of the molecule is CC(C)(CCCl)NCC1CCCc2ccccc21.